The van der Waals surface area contributed by atoms with Gasteiger partial charge in [0.15, 0.2) is 34.5 Å². The quantitative estimate of drug-likeness (QED) is 0.263. The molecule has 0 radical (unpaired) electrons. The van der Waals surface area contributed by atoms with Gasteiger partial charge in [-0.05, 0) is 85.3 Å². The van der Waals surface area contributed by atoms with E-state index in [4.69, 9.17) is 33.2 Å². The summed E-state index contributed by atoms with van der Waals surface area (Å²) in [6.07, 6.45) is 3.72. The van der Waals surface area contributed by atoms with E-state index in [1.54, 1.807) is 35.5 Å². The van der Waals surface area contributed by atoms with Crippen LogP contribution in [0.25, 0.3) is 0 Å². The van der Waals surface area contributed by atoms with Gasteiger partial charge in [-0.3, -0.25) is 0 Å². The van der Waals surface area contributed by atoms with Gasteiger partial charge < -0.3 is 38.1 Å². The number of nitrogens with zero attached hydrogens (tertiary/aromatic N) is 1. The highest BCUT2D eigenvalue weighted by molar-refractivity contribution is 5.54. The fraction of sp³-hybridized carbons (Fsp3) is 0.419. The van der Waals surface area contributed by atoms with E-state index in [-0.39, 0.29) is 6.79 Å². The van der Waals surface area contributed by atoms with E-state index in [1.165, 1.54) is 11.1 Å². The summed E-state index contributed by atoms with van der Waals surface area (Å²) in [7, 11) is 8.24. The van der Waals surface area contributed by atoms with Crippen molar-refractivity contribution in [1.82, 2.24) is 4.90 Å². The first-order valence-electron chi connectivity index (χ1n) is 13.2. The molecule has 1 aliphatic rings. The number of ether oxygens (including phenoxy) is 7. The third kappa shape index (κ3) is 7.20. The predicted octanol–water partition coefficient (Wildman–Crippen LogP) is 5.18. The van der Waals surface area contributed by atoms with Crippen LogP contribution >= 0.6 is 0 Å². The van der Waals surface area contributed by atoms with E-state index in [0.29, 0.717) is 17.2 Å². The Morgan fingerprint density at radius 3 is 1.79 bits per heavy atom. The minimum absolute atomic E-state index is 0.289. The smallest absolute Gasteiger partial charge is 0.231 e. The summed E-state index contributed by atoms with van der Waals surface area (Å²) in [4.78, 5) is 2.51. The molecule has 0 N–H and O–H groups in total. The molecule has 0 unspecified atom stereocenters. The van der Waals surface area contributed by atoms with Crippen molar-refractivity contribution in [3.63, 3.8) is 0 Å². The maximum absolute atomic E-state index is 5.57. The molecule has 0 atom stereocenters. The van der Waals surface area contributed by atoms with Crippen LogP contribution in [0.1, 0.15) is 23.1 Å². The number of methoxy groups -OCH3 is 5. The van der Waals surface area contributed by atoms with E-state index in [2.05, 4.69) is 29.2 Å². The first kappa shape index (κ1) is 28.2. The molecular weight excluding hydrogens is 498 g/mol. The summed E-state index contributed by atoms with van der Waals surface area (Å²) in [5, 5.41) is 0. The van der Waals surface area contributed by atoms with Gasteiger partial charge in [0.1, 0.15) is 0 Å². The molecular formula is C31H39NO7. The van der Waals surface area contributed by atoms with Crippen molar-refractivity contribution >= 4 is 0 Å². The summed E-state index contributed by atoms with van der Waals surface area (Å²) >= 11 is 0. The fourth-order valence-corrected chi connectivity index (χ4v) is 4.83. The van der Waals surface area contributed by atoms with Crippen molar-refractivity contribution in [2.75, 3.05) is 62.0 Å². The molecule has 39 heavy (non-hydrogen) atoms. The monoisotopic (exact) mass is 537 g/mol. The van der Waals surface area contributed by atoms with Crippen LogP contribution in [0.2, 0.25) is 0 Å². The Kier molecular flexibility index (Phi) is 10.0. The average molecular weight is 538 g/mol. The van der Waals surface area contributed by atoms with Gasteiger partial charge in [-0.1, -0.05) is 12.1 Å². The van der Waals surface area contributed by atoms with Crippen molar-refractivity contribution in [3.05, 3.63) is 65.2 Å². The van der Waals surface area contributed by atoms with Crippen molar-refractivity contribution in [2.45, 2.75) is 25.7 Å². The lowest BCUT2D eigenvalue weighted by molar-refractivity contribution is 0.174. The van der Waals surface area contributed by atoms with Gasteiger partial charge in [0.2, 0.25) is 12.5 Å². The van der Waals surface area contributed by atoms with E-state index >= 15 is 0 Å². The zero-order valence-electron chi connectivity index (χ0n) is 23.6. The van der Waals surface area contributed by atoms with E-state index in [9.17, 15) is 0 Å². The first-order valence-corrected chi connectivity index (χ1v) is 13.2. The maximum Gasteiger partial charge on any atom is 0.231 e. The second-order valence-electron chi connectivity index (χ2n) is 9.36. The minimum atomic E-state index is 0.289. The normalized spacial score (nSPS) is 11.9. The Morgan fingerprint density at radius 2 is 1.15 bits per heavy atom. The van der Waals surface area contributed by atoms with Crippen LogP contribution in [0.15, 0.2) is 48.5 Å². The molecule has 8 nitrogen and oxygen atoms in total. The number of aryl methyl sites for hydroxylation is 1. The van der Waals surface area contributed by atoms with Gasteiger partial charge in [-0.15, -0.1) is 0 Å². The lowest BCUT2D eigenvalue weighted by atomic mass is 10.1. The molecule has 4 rings (SSSR count). The van der Waals surface area contributed by atoms with Gasteiger partial charge in [-0.2, -0.15) is 0 Å². The molecule has 1 heterocycles. The molecule has 0 aromatic heterocycles. The van der Waals surface area contributed by atoms with Crippen LogP contribution in [-0.2, 0) is 19.3 Å². The highest BCUT2D eigenvalue weighted by Gasteiger charge is 2.16. The zero-order chi connectivity index (χ0) is 27.6. The number of hydrogen-bond donors (Lipinski definition) is 0. The molecule has 0 saturated heterocycles. The summed E-state index contributed by atoms with van der Waals surface area (Å²) in [6, 6.07) is 16.4. The lowest BCUT2D eigenvalue weighted by Gasteiger charge is -2.23. The van der Waals surface area contributed by atoms with E-state index < -0.39 is 0 Å². The largest absolute Gasteiger partial charge is 0.493 e. The van der Waals surface area contributed by atoms with Gasteiger partial charge in [-0.25, -0.2) is 0 Å². The van der Waals surface area contributed by atoms with Crippen LogP contribution in [0, 0.1) is 0 Å². The summed E-state index contributed by atoms with van der Waals surface area (Å²) in [5.41, 5.74) is 3.60. The Morgan fingerprint density at radius 1 is 0.564 bits per heavy atom. The molecule has 0 amide bonds. The summed E-state index contributed by atoms with van der Waals surface area (Å²) in [6.45, 7) is 3.10. The Labute approximate surface area is 231 Å². The standard InChI is InChI=1S/C31H39NO7/c1-33-25-10-8-22(17-27(25)34-2)12-15-32(16-13-23-9-11-26-28(18-23)39-21-38-26)14-6-7-24-19-29(35-3)31(37-5)30(20-24)36-4/h8-11,17-20H,6-7,12-16,21H2,1-5H3. The molecule has 0 aliphatic carbocycles. The Hall–Kier alpha value is -3.78. The van der Waals surface area contributed by atoms with Crippen molar-refractivity contribution in [1.29, 1.82) is 0 Å². The van der Waals surface area contributed by atoms with E-state index in [1.807, 2.05) is 24.3 Å². The molecule has 1 aliphatic heterocycles. The molecule has 3 aromatic carbocycles. The number of rotatable bonds is 15. The van der Waals surface area contributed by atoms with Gasteiger partial charge >= 0.3 is 0 Å². The van der Waals surface area contributed by atoms with Crippen LogP contribution in [0.3, 0.4) is 0 Å². The van der Waals surface area contributed by atoms with Crippen molar-refractivity contribution in [3.8, 4) is 40.2 Å². The van der Waals surface area contributed by atoms with Crippen LogP contribution in [0.5, 0.6) is 40.2 Å². The topological polar surface area (TPSA) is 67.9 Å². The SMILES string of the molecule is COc1ccc(CCN(CCCc2cc(OC)c(OC)c(OC)c2)CCc2ccc3c(c2)OCO3)cc1OC. The second kappa shape index (κ2) is 13.8. The maximum atomic E-state index is 5.57. The van der Waals surface area contributed by atoms with E-state index in [0.717, 1.165) is 73.9 Å². The highest BCUT2D eigenvalue weighted by Crippen LogP contribution is 2.38. The number of benzene rings is 3. The highest BCUT2D eigenvalue weighted by atomic mass is 16.7. The van der Waals surface area contributed by atoms with Crippen molar-refractivity contribution in [2.24, 2.45) is 0 Å². The summed E-state index contributed by atoms with van der Waals surface area (Å²) < 4.78 is 38.5. The van der Waals surface area contributed by atoms with Gasteiger partial charge in [0, 0.05) is 13.1 Å². The predicted molar refractivity (Wildman–Crippen MR) is 150 cm³/mol. The lowest BCUT2D eigenvalue weighted by Crippen LogP contribution is -2.30. The third-order valence-corrected chi connectivity index (χ3v) is 6.98. The zero-order valence-corrected chi connectivity index (χ0v) is 23.6. The molecule has 0 saturated carbocycles. The van der Waals surface area contributed by atoms with Crippen LogP contribution in [0.4, 0.5) is 0 Å². The van der Waals surface area contributed by atoms with Gasteiger partial charge in [0.25, 0.3) is 0 Å². The summed E-state index contributed by atoms with van der Waals surface area (Å²) in [5.74, 6) is 5.11. The second-order valence-corrected chi connectivity index (χ2v) is 9.36. The molecule has 8 heteroatoms. The first-order chi connectivity index (χ1) is 19.1. The molecule has 3 aromatic rings. The third-order valence-electron chi connectivity index (χ3n) is 6.98. The number of fused-ring (bicyclic) bond motifs is 1. The molecule has 0 fully saturated rings. The van der Waals surface area contributed by atoms with Crippen molar-refractivity contribution < 1.29 is 33.2 Å². The molecule has 210 valence electrons. The Bertz CT molecular complexity index is 1200. The fourth-order valence-electron chi connectivity index (χ4n) is 4.83. The van der Waals surface area contributed by atoms with Crippen LogP contribution in [-0.4, -0.2) is 66.9 Å². The minimum Gasteiger partial charge on any atom is -0.493 e. The average Bonchev–Trinajstić information content (AvgIpc) is 3.45. The Balaban J connectivity index is 1.42. The van der Waals surface area contributed by atoms with Gasteiger partial charge in [0.05, 0.1) is 35.5 Å². The number of hydrogen-bond acceptors (Lipinski definition) is 8. The molecule has 0 bridgehead atoms. The van der Waals surface area contributed by atoms with Crippen LogP contribution < -0.4 is 33.2 Å². The molecule has 0 spiro atoms.